The largest absolute Gasteiger partial charge is 0.327 e. The summed E-state index contributed by atoms with van der Waals surface area (Å²) in [6.07, 6.45) is 0.886. The summed E-state index contributed by atoms with van der Waals surface area (Å²) in [5.41, 5.74) is 7.71. The van der Waals surface area contributed by atoms with Gasteiger partial charge in [-0.15, -0.1) is 0 Å². The molecule has 7 heteroatoms. The van der Waals surface area contributed by atoms with E-state index in [1.807, 2.05) is 6.92 Å². The molecule has 0 spiro atoms. The number of anilines is 1. The van der Waals surface area contributed by atoms with E-state index < -0.39 is 10.0 Å². The quantitative estimate of drug-likeness (QED) is 0.752. The zero-order valence-electron chi connectivity index (χ0n) is 11.9. The molecule has 1 amide bonds. The molecule has 1 atom stereocenters. The van der Waals surface area contributed by atoms with Crippen LogP contribution in [0.2, 0.25) is 0 Å². The maximum atomic E-state index is 11.8. The van der Waals surface area contributed by atoms with Gasteiger partial charge in [0.1, 0.15) is 0 Å². The molecule has 5 N–H and O–H groups in total. The Morgan fingerprint density at radius 2 is 1.95 bits per heavy atom. The second-order valence-corrected chi connectivity index (χ2v) is 6.44. The Balaban J connectivity index is 3.06. The summed E-state index contributed by atoms with van der Waals surface area (Å²) in [5.74, 6) is -0.242. The van der Waals surface area contributed by atoms with Gasteiger partial charge in [-0.1, -0.05) is 6.92 Å². The minimum Gasteiger partial charge on any atom is -0.327 e. The standard InChI is InChI=1S/C13H21N3O3S/c1-4-10(14)6-13(17)16-12-7-11(20(15,18)19)5-8(2)9(12)3/h5,7,10H,4,6,14H2,1-3H3,(H,16,17)(H2,15,18,19). The molecule has 0 saturated carbocycles. The highest BCUT2D eigenvalue weighted by Gasteiger charge is 2.15. The molecule has 0 heterocycles. The van der Waals surface area contributed by atoms with Gasteiger partial charge < -0.3 is 11.1 Å². The molecular weight excluding hydrogens is 278 g/mol. The van der Waals surface area contributed by atoms with Crippen LogP contribution in [-0.4, -0.2) is 20.4 Å². The molecule has 0 fully saturated rings. The predicted octanol–water partition coefficient (Wildman–Crippen LogP) is 1.02. The minimum atomic E-state index is -3.80. The molecule has 0 saturated heterocycles. The van der Waals surface area contributed by atoms with Crippen LogP contribution in [0.25, 0.3) is 0 Å². The first-order chi connectivity index (χ1) is 9.15. The van der Waals surface area contributed by atoms with Gasteiger partial charge in [0.05, 0.1) is 4.90 Å². The number of benzene rings is 1. The van der Waals surface area contributed by atoms with Gasteiger partial charge >= 0.3 is 0 Å². The maximum absolute atomic E-state index is 11.8. The monoisotopic (exact) mass is 299 g/mol. The number of nitrogens with one attached hydrogen (secondary N) is 1. The number of nitrogens with two attached hydrogens (primary N) is 2. The molecule has 0 bridgehead atoms. The van der Waals surface area contributed by atoms with Crippen molar-refractivity contribution in [3.8, 4) is 0 Å². The summed E-state index contributed by atoms with van der Waals surface area (Å²) in [7, 11) is -3.80. The first-order valence-electron chi connectivity index (χ1n) is 6.34. The Morgan fingerprint density at radius 1 is 1.35 bits per heavy atom. The zero-order chi connectivity index (χ0) is 15.5. The lowest BCUT2D eigenvalue weighted by molar-refractivity contribution is -0.116. The minimum absolute atomic E-state index is 0.0179. The lowest BCUT2D eigenvalue weighted by atomic mass is 10.1. The number of amides is 1. The van der Waals surface area contributed by atoms with Gasteiger partial charge in [-0.05, 0) is 43.5 Å². The first-order valence-corrected chi connectivity index (χ1v) is 7.89. The maximum Gasteiger partial charge on any atom is 0.238 e. The SMILES string of the molecule is CCC(N)CC(=O)Nc1cc(S(N)(=O)=O)cc(C)c1C. The van der Waals surface area contributed by atoms with Gasteiger partial charge in [0.25, 0.3) is 0 Å². The number of aryl methyl sites for hydroxylation is 1. The van der Waals surface area contributed by atoms with Crippen molar-refractivity contribution in [2.75, 3.05) is 5.32 Å². The summed E-state index contributed by atoms with van der Waals surface area (Å²) >= 11 is 0. The topological polar surface area (TPSA) is 115 Å². The van der Waals surface area contributed by atoms with Crippen molar-refractivity contribution in [2.45, 2.75) is 44.6 Å². The van der Waals surface area contributed by atoms with Gasteiger partial charge in [-0.25, -0.2) is 13.6 Å². The summed E-state index contributed by atoms with van der Waals surface area (Å²) in [6.45, 7) is 5.46. The van der Waals surface area contributed by atoms with Crippen molar-refractivity contribution in [1.82, 2.24) is 0 Å². The van der Waals surface area contributed by atoms with E-state index in [2.05, 4.69) is 5.32 Å². The van der Waals surface area contributed by atoms with E-state index >= 15 is 0 Å². The molecule has 20 heavy (non-hydrogen) atoms. The highest BCUT2D eigenvalue weighted by molar-refractivity contribution is 7.89. The number of primary sulfonamides is 1. The summed E-state index contributed by atoms with van der Waals surface area (Å²) in [5, 5.41) is 7.81. The fraction of sp³-hybridized carbons (Fsp3) is 0.462. The van der Waals surface area contributed by atoms with Gasteiger partial charge in [-0.2, -0.15) is 0 Å². The van der Waals surface area contributed by atoms with E-state index in [4.69, 9.17) is 10.9 Å². The smallest absolute Gasteiger partial charge is 0.238 e. The Morgan fingerprint density at radius 3 is 2.45 bits per heavy atom. The van der Waals surface area contributed by atoms with E-state index in [-0.39, 0.29) is 23.3 Å². The second kappa shape index (κ2) is 6.34. The van der Waals surface area contributed by atoms with Crippen molar-refractivity contribution < 1.29 is 13.2 Å². The normalized spacial score (nSPS) is 13.1. The van der Waals surface area contributed by atoms with Crippen molar-refractivity contribution in [1.29, 1.82) is 0 Å². The first kappa shape index (κ1) is 16.6. The number of sulfonamides is 1. The summed E-state index contributed by atoms with van der Waals surface area (Å²) < 4.78 is 22.8. The molecule has 0 aliphatic heterocycles. The summed E-state index contributed by atoms with van der Waals surface area (Å²) in [4.78, 5) is 11.8. The predicted molar refractivity (Wildman–Crippen MR) is 78.8 cm³/mol. The van der Waals surface area contributed by atoms with Crippen LogP contribution in [0.3, 0.4) is 0 Å². The molecule has 0 aromatic heterocycles. The second-order valence-electron chi connectivity index (χ2n) is 4.88. The molecule has 1 unspecified atom stereocenters. The van der Waals surface area contributed by atoms with Crippen LogP contribution in [0.15, 0.2) is 17.0 Å². The highest BCUT2D eigenvalue weighted by Crippen LogP contribution is 2.23. The van der Waals surface area contributed by atoms with E-state index in [0.29, 0.717) is 12.1 Å². The van der Waals surface area contributed by atoms with Crippen molar-refractivity contribution in [3.05, 3.63) is 23.3 Å². The average molecular weight is 299 g/mol. The van der Waals surface area contributed by atoms with Crippen LogP contribution in [0, 0.1) is 13.8 Å². The van der Waals surface area contributed by atoms with E-state index in [1.54, 1.807) is 13.8 Å². The van der Waals surface area contributed by atoms with Crippen molar-refractivity contribution >= 4 is 21.6 Å². The van der Waals surface area contributed by atoms with Crippen molar-refractivity contribution in [2.24, 2.45) is 10.9 Å². The fourth-order valence-electron chi connectivity index (χ4n) is 1.70. The lowest BCUT2D eigenvalue weighted by Gasteiger charge is -2.14. The van der Waals surface area contributed by atoms with Crippen LogP contribution in [0.1, 0.15) is 30.9 Å². The van der Waals surface area contributed by atoms with Gasteiger partial charge in [0, 0.05) is 18.2 Å². The Hall–Kier alpha value is -1.44. The molecule has 0 aliphatic carbocycles. The molecule has 1 rings (SSSR count). The van der Waals surface area contributed by atoms with Crippen molar-refractivity contribution in [3.63, 3.8) is 0 Å². The number of carbonyl (C=O) groups is 1. The van der Waals surface area contributed by atoms with Crippen LogP contribution in [0.4, 0.5) is 5.69 Å². The number of hydrogen-bond donors (Lipinski definition) is 3. The third-order valence-electron chi connectivity index (χ3n) is 3.22. The third kappa shape index (κ3) is 4.29. The average Bonchev–Trinajstić information content (AvgIpc) is 2.33. The Labute approximate surface area is 119 Å². The molecule has 0 radical (unpaired) electrons. The molecular formula is C13H21N3O3S. The third-order valence-corrected chi connectivity index (χ3v) is 4.11. The van der Waals surface area contributed by atoms with E-state index in [1.165, 1.54) is 12.1 Å². The number of hydrogen-bond acceptors (Lipinski definition) is 4. The van der Waals surface area contributed by atoms with E-state index in [9.17, 15) is 13.2 Å². The lowest BCUT2D eigenvalue weighted by Crippen LogP contribution is -2.26. The van der Waals surface area contributed by atoms with Crippen LogP contribution >= 0.6 is 0 Å². The molecule has 1 aromatic rings. The summed E-state index contributed by atoms with van der Waals surface area (Å²) in [6, 6.07) is 2.64. The van der Waals surface area contributed by atoms with Gasteiger partial charge in [0.15, 0.2) is 0 Å². The molecule has 0 aliphatic rings. The number of carbonyl (C=O) groups excluding carboxylic acids is 1. The van der Waals surface area contributed by atoms with E-state index in [0.717, 1.165) is 11.1 Å². The molecule has 1 aromatic carbocycles. The highest BCUT2D eigenvalue weighted by atomic mass is 32.2. The molecule has 112 valence electrons. The van der Waals surface area contributed by atoms with Crippen LogP contribution in [0.5, 0.6) is 0 Å². The van der Waals surface area contributed by atoms with Gasteiger partial charge in [-0.3, -0.25) is 4.79 Å². The van der Waals surface area contributed by atoms with Crippen LogP contribution < -0.4 is 16.2 Å². The van der Waals surface area contributed by atoms with Crippen LogP contribution in [-0.2, 0) is 14.8 Å². The molecule has 6 nitrogen and oxygen atoms in total. The number of rotatable bonds is 5. The van der Waals surface area contributed by atoms with Gasteiger partial charge in [0.2, 0.25) is 15.9 Å². The zero-order valence-corrected chi connectivity index (χ0v) is 12.8. The fourth-order valence-corrected chi connectivity index (χ4v) is 2.33. The Kier molecular flexibility index (Phi) is 5.27. The Bertz CT molecular complexity index is 612.